The van der Waals surface area contributed by atoms with Crippen LogP contribution >= 0.6 is 0 Å². The molecule has 4 nitrogen and oxygen atoms in total. The topological polar surface area (TPSA) is 42.7 Å². The van der Waals surface area contributed by atoms with E-state index in [0.717, 1.165) is 37.6 Å². The highest BCUT2D eigenvalue weighted by atomic mass is 15.2. The van der Waals surface area contributed by atoms with E-state index in [4.69, 9.17) is 0 Å². The Bertz CT molecular complexity index is 490. The minimum atomic E-state index is 0.727. The van der Waals surface area contributed by atoms with Crippen molar-refractivity contribution in [2.24, 2.45) is 0 Å². The van der Waals surface area contributed by atoms with Crippen LogP contribution in [-0.2, 0) is 19.5 Å². The molecule has 0 aliphatic rings. The largest absolute Gasteiger partial charge is 0.350 e. The maximum Gasteiger partial charge on any atom is 0.203 e. The molecule has 0 fully saturated rings. The van der Waals surface area contributed by atoms with E-state index in [9.17, 15) is 0 Å². The zero-order valence-electron chi connectivity index (χ0n) is 11.1. The van der Waals surface area contributed by atoms with Gasteiger partial charge in [-0.1, -0.05) is 19.9 Å². The first kappa shape index (κ1) is 12.6. The molecule has 0 spiro atoms. The summed E-state index contributed by atoms with van der Waals surface area (Å²) in [6, 6.07) is 4.11. The molecule has 0 saturated carbocycles. The quantitative estimate of drug-likeness (QED) is 0.849. The van der Waals surface area contributed by atoms with Crippen molar-refractivity contribution < 1.29 is 0 Å². The third-order valence-corrected chi connectivity index (χ3v) is 2.96. The molecule has 0 saturated heterocycles. The van der Waals surface area contributed by atoms with E-state index in [-0.39, 0.29) is 0 Å². The number of nitrogens with zero attached hydrogens (tertiary/aromatic N) is 3. The number of pyridine rings is 1. The van der Waals surface area contributed by atoms with Gasteiger partial charge in [-0.3, -0.25) is 4.98 Å². The second-order valence-electron chi connectivity index (χ2n) is 4.26. The summed E-state index contributed by atoms with van der Waals surface area (Å²) in [6.07, 6.45) is 7.79. The van der Waals surface area contributed by atoms with Crippen LogP contribution in [0.4, 0.5) is 5.95 Å². The molecular weight excluding hydrogens is 224 g/mol. The maximum atomic E-state index is 4.43. The minimum Gasteiger partial charge on any atom is -0.350 e. The molecule has 0 amide bonds. The molecule has 4 heteroatoms. The number of imidazole rings is 1. The van der Waals surface area contributed by atoms with Crippen LogP contribution in [0, 0.1) is 0 Å². The van der Waals surface area contributed by atoms with Crippen molar-refractivity contribution in [2.45, 2.75) is 39.8 Å². The van der Waals surface area contributed by atoms with Gasteiger partial charge in [-0.2, -0.15) is 0 Å². The van der Waals surface area contributed by atoms with Crippen LogP contribution in [0.1, 0.15) is 31.5 Å². The molecule has 0 aliphatic carbocycles. The molecule has 0 aromatic carbocycles. The number of aromatic nitrogens is 3. The van der Waals surface area contributed by atoms with E-state index in [1.54, 1.807) is 0 Å². The first-order valence-electron chi connectivity index (χ1n) is 6.53. The number of nitrogens with one attached hydrogen (secondary N) is 1. The molecule has 2 rings (SSSR count). The highest BCUT2D eigenvalue weighted by Gasteiger charge is 2.04. The van der Waals surface area contributed by atoms with Gasteiger partial charge in [0.2, 0.25) is 5.95 Å². The van der Waals surface area contributed by atoms with Gasteiger partial charge >= 0.3 is 0 Å². The van der Waals surface area contributed by atoms with Crippen LogP contribution in [0.2, 0.25) is 0 Å². The summed E-state index contributed by atoms with van der Waals surface area (Å²) in [5.74, 6) is 0.921. The van der Waals surface area contributed by atoms with Gasteiger partial charge in [0.05, 0.1) is 12.2 Å². The fourth-order valence-corrected chi connectivity index (χ4v) is 2.01. The minimum absolute atomic E-state index is 0.727. The lowest BCUT2D eigenvalue weighted by atomic mass is 10.1. The molecule has 0 aliphatic heterocycles. The first-order chi connectivity index (χ1) is 8.85. The normalized spacial score (nSPS) is 10.6. The molecule has 2 heterocycles. The predicted molar refractivity (Wildman–Crippen MR) is 73.5 cm³/mol. The molecule has 96 valence electrons. The molecule has 0 atom stereocenters. The summed E-state index contributed by atoms with van der Waals surface area (Å²) >= 11 is 0. The van der Waals surface area contributed by atoms with E-state index < -0.39 is 0 Å². The van der Waals surface area contributed by atoms with E-state index in [2.05, 4.69) is 39.8 Å². The van der Waals surface area contributed by atoms with Crippen LogP contribution in [0.5, 0.6) is 0 Å². The number of hydrogen-bond donors (Lipinski definition) is 1. The second kappa shape index (κ2) is 6.19. The Kier molecular flexibility index (Phi) is 4.34. The SMILES string of the molecule is CCCn1ccnc1NCc1ncccc1CC. The van der Waals surface area contributed by atoms with Gasteiger partial charge in [0.15, 0.2) is 0 Å². The number of anilines is 1. The fourth-order valence-electron chi connectivity index (χ4n) is 2.01. The average Bonchev–Trinajstić information content (AvgIpc) is 2.84. The van der Waals surface area contributed by atoms with E-state index in [1.165, 1.54) is 5.56 Å². The summed E-state index contributed by atoms with van der Waals surface area (Å²) in [6.45, 7) is 6.03. The Morgan fingerprint density at radius 3 is 2.89 bits per heavy atom. The van der Waals surface area contributed by atoms with Crippen molar-refractivity contribution in [2.75, 3.05) is 5.32 Å². The summed E-state index contributed by atoms with van der Waals surface area (Å²) < 4.78 is 2.13. The van der Waals surface area contributed by atoms with Crippen molar-refractivity contribution in [3.05, 3.63) is 42.0 Å². The third-order valence-electron chi connectivity index (χ3n) is 2.96. The van der Waals surface area contributed by atoms with Crippen LogP contribution < -0.4 is 5.32 Å². The van der Waals surface area contributed by atoms with E-state index in [0.29, 0.717) is 0 Å². The predicted octanol–water partition coefficient (Wildman–Crippen LogP) is 2.86. The summed E-state index contributed by atoms with van der Waals surface area (Å²) in [4.78, 5) is 8.75. The Morgan fingerprint density at radius 1 is 1.22 bits per heavy atom. The highest BCUT2D eigenvalue weighted by Crippen LogP contribution is 2.10. The molecular formula is C14H20N4. The Hall–Kier alpha value is -1.84. The zero-order valence-corrected chi connectivity index (χ0v) is 11.1. The monoisotopic (exact) mass is 244 g/mol. The lowest BCUT2D eigenvalue weighted by Crippen LogP contribution is -2.09. The molecule has 0 radical (unpaired) electrons. The van der Waals surface area contributed by atoms with E-state index in [1.807, 2.05) is 24.7 Å². The van der Waals surface area contributed by atoms with Crippen molar-refractivity contribution in [3.63, 3.8) is 0 Å². The number of hydrogen-bond acceptors (Lipinski definition) is 3. The molecule has 18 heavy (non-hydrogen) atoms. The van der Waals surface area contributed by atoms with Gasteiger partial charge in [0.1, 0.15) is 0 Å². The van der Waals surface area contributed by atoms with Gasteiger partial charge in [0, 0.05) is 25.1 Å². The molecule has 0 unspecified atom stereocenters. The molecule has 2 aromatic heterocycles. The Morgan fingerprint density at radius 2 is 2.11 bits per heavy atom. The van der Waals surface area contributed by atoms with Gasteiger partial charge in [0.25, 0.3) is 0 Å². The van der Waals surface area contributed by atoms with Gasteiger partial charge in [-0.15, -0.1) is 0 Å². The van der Waals surface area contributed by atoms with E-state index >= 15 is 0 Å². The number of rotatable bonds is 6. The summed E-state index contributed by atoms with van der Waals surface area (Å²) in [5, 5.41) is 3.36. The van der Waals surface area contributed by atoms with Crippen molar-refractivity contribution in [3.8, 4) is 0 Å². The van der Waals surface area contributed by atoms with Crippen LogP contribution in [0.25, 0.3) is 0 Å². The standard InChI is InChI=1S/C14H20N4/c1-3-9-18-10-8-16-14(18)17-11-13-12(4-2)6-5-7-15-13/h5-8,10H,3-4,9,11H2,1-2H3,(H,16,17). The Balaban J connectivity index is 2.04. The summed E-state index contributed by atoms with van der Waals surface area (Å²) in [7, 11) is 0. The molecule has 0 bridgehead atoms. The lowest BCUT2D eigenvalue weighted by molar-refractivity contribution is 0.681. The average molecular weight is 244 g/mol. The lowest BCUT2D eigenvalue weighted by Gasteiger charge is -2.10. The molecule has 2 aromatic rings. The Labute approximate surface area is 108 Å². The first-order valence-corrected chi connectivity index (χ1v) is 6.53. The van der Waals surface area contributed by atoms with Crippen molar-refractivity contribution in [1.29, 1.82) is 0 Å². The van der Waals surface area contributed by atoms with Crippen LogP contribution in [0.15, 0.2) is 30.7 Å². The zero-order chi connectivity index (χ0) is 12.8. The van der Waals surface area contributed by atoms with Gasteiger partial charge in [-0.25, -0.2) is 4.98 Å². The van der Waals surface area contributed by atoms with Crippen molar-refractivity contribution in [1.82, 2.24) is 14.5 Å². The number of aryl methyl sites for hydroxylation is 2. The summed E-state index contributed by atoms with van der Waals surface area (Å²) in [5.41, 5.74) is 2.39. The second-order valence-corrected chi connectivity index (χ2v) is 4.26. The van der Waals surface area contributed by atoms with Gasteiger partial charge in [-0.05, 0) is 24.5 Å². The smallest absolute Gasteiger partial charge is 0.203 e. The third kappa shape index (κ3) is 2.88. The molecule has 1 N–H and O–H groups in total. The van der Waals surface area contributed by atoms with Crippen LogP contribution in [-0.4, -0.2) is 14.5 Å². The highest BCUT2D eigenvalue weighted by molar-refractivity contribution is 5.29. The van der Waals surface area contributed by atoms with Crippen molar-refractivity contribution >= 4 is 5.95 Å². The van der Waals surface area contributed by atoms with Gasteiger partial charge < -0.3 is 9.88 Å². The fraction of sp³-hybridized carbons (Fsp3) is 0.429. The van der Waals surface area contributed by atoms with Crippen LogP contribution in [0.3, 0.4) is 0 Å². The maximum absolute atomic E-state index is 4.43.